The van der Waals surface area contributed by atoms with E-state index in [1.165, 1.54) is 11.0 Å². The SMILES string of the molecule is CNc1cc(C)nc(Cn2cnc(C#N)n2)n1. The van der Waals surface area contributed by atoms with Crippen LogP contribution in [0.2, 0.25) is 0 Å². The van der Waals surface area contributed by atoms with Crippen LogP contribution in [0.3, 0.4) is 0 Å². The number of nitrogens with one attached hydrogen (secondary N) is 1. The second-order valence-corrected chi connectivity index (χ2v) is 3.44. The fraction of sp³-hybridized carbons (Fsp3) is 0.300. The summed E-state index contributed by atoms with van der Waals surface area (Å²) >= 11 is 0. The lowest BCUT2D eigenvalue weighted by Gasteiger charge is -2.04. The molecule has 86 valence electrons. The normalized spacial score (nSPS) is 9.94. The Labute approximate surface area is 98.2 Å². The number of anilines is 1. The van der Waals surface area contributed by atoms with E-state index in [0.717, 1.165) is 11.5 Å². The summed E-state index contributed by atoms with van der Waals surface area (Å²) in [4.78, 5) is 12.4. The highest BCUT2D eigenvalue weighted by molar-refractivity contribution is 5.34. The molecule has 7 heteroatoms. The summed E-state index contributed by atoms with van der Waals surface area (Å²) in [6, 6.07) is 3.72. The summed E-state index contributed by atoms with van der Waals surface area (Å²) in [5.41, 5.74) is 0.875. The summed E-state index contributed by atoms with van der Waals surface area (Å²) in [5, 5.41) is 15.5. The van der Waals surface area contributed by atoms with E-state index < -0.39 is 0 Å². The molecule has 0 amide bonds. The van der Waals surface area contributed by atoms with Gasteiger partial charge in [-0.2, -0.15) is 5.26 Å². The van der Waals surface area contributed by atoms with Crippen LogP contribution in [0.1, 0.15) is 17.3 Å². The molecule has 0 aliphatic heterocycles. The molecular formula is C10H11N7. The molecule has 2 heterocycles. The minimum atomic E-state index is 0.145. The smallest absolute Gasteiger partial charge is 0.252 e. The average molecular weight is 229 g/mol. The van der Waals surface area contributed by atoms with Gasteiger partial charge in [0.15, 0.2) is 5.82 Å². The Balaban J connectivity index is 2.23. The van der Waals surface area contributed by atoms with Gasteiger partial charge in [0.05, 0.1) is 0 Å². The van der Waals surface area contributed by atoms with Gasteiger partial charge in [-0.15, -0.1) is 5.10 Å². The third-order valence-electron chi connectivity index (χ3n) is 2.10. The molecule has 17 heavy (non-hydrogen) atoms. The van der Waals surface area contributed by atoms with E-state index in [4.69, 9.17) is 5.26 Å². The molecule has 2 aromatic heterocycles. The summed E-state index contributed by atoms with van der Waals surface area (Å²) in [5.74, 6) is 1.53. The van der Waals surface area contributed by atoms with Crippen molar-refractivity contribution in [1.29, 1.82) is 5.26 Å². The zero-order valence-electron chi connectivity index (χ0n) is 9.55. The molecule has 0 aliphatic rings. The topological polar surface area (TPSA) is 92.3 Å². The maximum absolute atomic E-state index is 8.61. The van der Waals surface area contributed by atoms with Crippen molar-refractivity contribution < 1.29 is 0 Å². The summed E-state index contributed by atoms with van der Waals surface area (Å²) < 4.78 is 1.53. The van der Waals surface area contributed by atoms with Gasteiger partial charge in [-0.1, -0.05) is 0 Å². The molecule has 0 fully saturated rings. The summed E-state index contributed by atoms with van der Waals surface area (Å²) in [7, 11) is 1.80. The van der Waals surface area contributed by atoms with Crippen LogP contribution in [-0.2, 0) is 6.54 Å². The van der Waals surface area contributed by atoms with Crippen molar-refractivity contribution >= 4 is 5.82 Å². The Morgan fingerprint density at radius 1 is 1.47 bits per heavy atom. The average Bonchev–Trinajstić information content (AvgIpc) is 2.76. The Morgan fingerprint density at radius 2 is 2.29 bits per heavy atom. The van der Waals surface area contributed by atoms with Crippen LogP contribution in [0.25, 0.3) is 0 Å². The second kappa shape index (κ2) is 4.57. The van der Waals surface area contributed by atoms with Crippen molar-refractivity contribution in [2.75, 3.05) is 12.4 Å². The van der Waals surface area contributed by atoms with E-state index in [0.29, 0.717) is 12.4 Å². The maximum Gasteiger partial charge on any atom is 0.252 e. The molecule has 0 unspecified atom stereocenters. The van der Waals surface area contributed by atoms with Crippen LogP contribution in [0, 0.1) is 18.3 Å². The van der Waals surface area contributed by atoms with Crippen LogP contribution in [-0.4, -0.2) is 31.8 Å². The lowest BCUT2D eigenvalue weighted by atomic mass is 10.4. The van der Waals surface area contributed by atoms with Crippen molar-refractivity contribution in [2.24, 2.45) is 0 Å². The van der Waals surface area contributed by atoms with Gasteiger partial charge in [0.2, 0.25) is 0 Å². The first-order chi connectivity index (χ1) is 8.21. The van der Waals surface area contributed by atoms with Gasteiger partial charge in [-0.25, -0.2) is 19.6 Å². The minimum absolute atomic E-state index is 0.145. The van der Waals surface area contributed by atoms with Crippen LogP contribution in [0.5, 0.6) is 0 Å². The first-order valence-corrected chi connectivity index (χ1v) is 5.03. The molecule has 7 nitrogen and oxygen atoms in total. The Bertz CT molecular complexity index is 566. The molecule has 0 spiro atoms. The summed E-state index contributed by atoms with van der Waals surface area (Å²) in [6.07, 6.45) is 1.49. The fourth-order valence-corrected chi connectivity index (χ4v) is 1.40. The first kappa shape index (κ1) is 11.0. The lowest BCUT2D eigenvalue weighted by molar-refractivity contribution is 0.650. The predicted molar refractivity (Wildman–Crippen MR) is 60.2 cm³/mol. The third kappa shape index (κ3) is 2.55. The lowest BCUT2D eigenvalue weighted by Crippen LogP contribution is -2.07. The number of rotatable bonds is 3. The maximum atomic E-state index is 8.61. The van der Waals surface area contributed by atoms with Crippen LogP contribution >= 0.6 is 0 Å². The zero-order valence-corrected chi connectivity index (χ0v) is 9.55. The van der Waals surface area contributed by atoms with E-state index in [1.807, 2.05) is 19.1 Å². The minimum Gasteiger partial charge on any atom is -0.373 e. The number of nitriles is 1. The molecular weight excluding hydrogens is 218 g/mol. The highest BCUT2D eigenvalue weighted by Gasteiger charge is 2.04. The number of hydrogen-bond donors (Lipinski definition) is 1. The molecule has 0 aromatic carbocycles. The molecule has 0 aliphatic carbocycles. The van der Waals surface area contributed by atoms with E-state index >= 15 is 0 Å². The Hall–Kier alpha value is -2.49. The third-order valence-corrected chi connectivity index (χ3v) is 2.10. The van der Waals surface area contributed by atoms with Gasteiger partial charge < -0.3 is 5.32 Å². The Kier molecular flexibility index (Phi) is 2.96. The van der Waals surface area contributed by atoms with Gasteiger partial charge >= 0.3 is 0 Å². The zero-order chi connectivity index (χ0) is 12.3. The predicted octanol–water partition coefficient (Wildman–Crippen LogP) is 0.338. The molecule has 0 atom stereocenters. The van der Waals surface area contributed by atoms with E-state index in [9.17, 15) is 0 Å². The van der Waals surface area contributed by atoms with Crippen LogP contribution in [0.4, 0.5) is 5.82 Å². The number of aryl methyl sites for hydroxylation is 1. The van der Waals surface area contributed by atoms with Crippen molar-refractivity contribution in [1.82, 2.24) is 24.7 Å². The summed E-state index contributed by atoms with van der Waals surface area (Å²) in [6.45, 7) is 2.29. The monoisotopic (exact) mass is 229 g/mol. The van der Waals surface area contributed by atoms with Crippen molar-refractivity contribution in [3.05, 3.63) is 29.7 Å². The molecule has 1 N–H and O–H groups in total. The second-order valence-electron chi connectivity index (χ2n) is 3.44. The number of nitrogens with zero attached hydrogens (tertiary/aromatic N) is 6. The Morgan fingerprint density at radius 3 is 2.94 bits per heavy atom. The fourth-order valence-electron chi connectivity index (χ4n) is 1.40. The van der Waals surface area contributed by atoms with Gasteiger partial charge in [-0.3, -0.25) is 0 Å². The van der Waals surface area contributed by atoms with E-state index in [1.54, 1.807) is 7.05 Å². The molecule has 0 saturated heterocycles. The van der Waals surface area contributed by atoms with Gasteiger partial charge in [0, 0.05) is 18.8 Å². The molecule has 2 aromatic rings. The van der Waals surface area contributed by atoms with Crippen molar-refractivity contribution in [3.63, 3.8) is 0 Å². The van der Waals surface area contributed by atoms with Crippen molar-refractivity contribution in [2.45, 2.75) is 13.5 Å². The van der Waals surface area contributed by atoms with Gasteiger partial charge in [0.1, 0.15) is 24.8 Å². The van der Waals surface area contributed by atoms with Crippen LogP contribution < -0.4 is 5.32 Å². The largest absolute Gasteiger partial charge is 0.373 e. The molecule has 0 bridgehead atoms. The van der Waals surface area contributed by atoms with E-state index in [-0.39, 0.29) is 5.82 Å². The molecule has 2 rings (SSSR count). The highest BCUT2D eigenvalue weighted by atomic mass is 15.3. The van der Waals surface area contributed by atoms with Gasteiger partial charge in [-0.05, 0) is 6.92 Å². The van der Waals surface area contributed by atoms with Crippen LogP contribution in [0.15, 0.2) is 12.4 Å². The number of hydrogen-bond acceptors (Lipinski definition) is 6. The van der Waals surface area contributed by atoms with Gasteiger partial charge in [0.25, 0.3) is 5.82 Å². The van der Waals surface area contributed by atoms with E-state index in [2.05, 4.69) is 25.4 Å². The highest BCUT2D eigenvalue weighted by Crippen LogP contribution is 2.06. The molecule has 0 saturated carbocycles. The standard InChI is InChI=1S/C10H11N7/c1-7-3-8(12-2)15-10(14-7)5-17-6-13-9(4-11)16-17/h3,6H,5H2,1-2H3,(H,12,14,15). The van der Waals surface area contributed by atoms with Crippen molar-refractivity contribution in [3.8, 4) is 6.07 Å². The molecule has 0 radical (unpaired) electrons. The quantitative estimate of drug-likeness (QED) is 0.815. The first-order valence-electron chi connectivity index (χ1n) is 5.03. The number of aromatic nitrogens is 5.